The summed E-state index contributed by atoms with van der Waals surface area (Å²) in [6, 6.07) is 8.66. The number of hydrogen-bond donors (Lipinski definition) is 0. The van der Waals surface area contributed by atoms with Gasteiger partial charge in [-0.15, -0.1) is 0 Å². The quantitative estimate of drug-likeness (QED) is 0.630. The Balaban J connectivity index is 3.08. The Bertz CT molecular complexity index is 317. The molecule has 76 valence electrons. The van der Waals surface area contributed by atoms with Gasteiger partial charge in [-0.05, 0) is 0 Å². The van der Waals surface area contributed by atoms with Gasteiger partial charge >= 0.3 is 5.97 Å². The summed E-state index contributed by atoms with van der Waals surface area (Å²) in [6.45, 7) is 0. The molecule has 0 fully saturated rings. The molecule has 0 radical (unpaired) electrons. The van der Waals surface area contributed by atoms with E-state index in [1.54, 1.807) is 24.3 Å². The molecule has 0 N–H and O–H groups in total. The smallest absolute Gasteiger partial charge is 0.360 e. The van der Waals surface area contributed by atoms with Gasteiger partial charge in [-0.2, -0.15) is 0 Å². The number of ether oxygens (including phenoxy) is 1. The maximum Gasteiger partial charge on any atom is 0.360 e. The van der Waals surface area contributed by atoms with E-state index >= 15 is 0 Å². The van der Waals surface area contributed by atoms with Crippen molar-refractivity contribution in [2.24, 2.45) is 0 Å². The fourth-order valence-electron chi connectivity index (χ4n) is 0.978. The van der Waals surface area contributed by atoms with Crippen LogP contribution in [0.25, 0.3) is 0 Å². The Morgan fingerprint density at radius 2 is 2.00 bits per heavy atom. The number of benzene rings is 1. The van der Waals surface area contributed by atoms with E-state index in [4.69, 9.17) is 15.4 Å². The molecule has 0 aliphatic heterocycles. The fraction of sp³-hybridized carbons (Fsp3) is 0.222. The van der Waals surface area contributed by atoms with Crippen LogP contribution in [0.15, 0.2) is 30.3 Å². The average Bonchev–Trinajstić information content (AvgIpc) is 2.28. The second kappa shape index (κ2) is 4.77. The largest absolute Gasteiger partial charge is 0.466 e. The Labute approximate surface area is 95.4 Å². The lowest BCUT2D eigenvalue weighted by atomic mass is 10.1. The van der Waals surface area contributed by atoms with Gasteiger partial charge < -0.3 is 4.74 Å². The number of halogens is 2. The van der Waals surface area contributed by atoms with E-state index in [1.165, 1.54) is 7.11 Å². The second-order valence-corrected chi connectivity index (χ2v) is 3.39. The first-order valence-electron chi connectivity index (χ1n) is 3.77. The Morgan fingerprint density at radius 3 is 2.43 bits per heavy atom. The lowest BCUT2D eigenvalue weighted by molar-refractivity contribution is -0.151. The SMILES string of the molecule is COC(=O)C(Cl)(OBr)c1ccccc1. The normalized spacial score (nSPS) is 14.5. The maximum absolute atomic E-state index is 11.4. The minimum Gasteiger partial charge on any atom is -0.466 e. The van der Waals surface area contributed by atoms with Crippen LogP contribution in [0, 0.1) is 0 Å². The van der Waals surface area contributed by atoms with E-state index in [0.29, 0.717) is 5.56 Å². The van der Waals surface area contributed by atoms with Crippen molar-refractivity contribution in [3.8, 4) is 0 Å². The van der Waals surface area contributed by atoms with Crippen molar-refractivity contribution in [3.05, 3.63) is 35.9 Å². The highest BCUT2D eigenvalue weighted by Crippen LogP contribution is 2.33. The van der Waals surface area contributed by atoms with E-state index in [9.17, 15) is 4.79 Å². The molecule has 14 heavy (non-hydrogen) atoms. The van der Waals surface area contributed by atoms with Crippen LogP contribution in [0.5, 0.6) is 0 Å². The van der Waals surface area contributed by atoms with E-state index in [1.807, 2.05) is 6.07 Å². The van der Waals surface area contributed by atoms with Crippen molar-refractivity contribution in [2.45, 2.75) is 5.06 Å². The van der Waals surface area contributed by atoms with Crippen LogP contribution < -0.4 is 0 Å². The number of methoxy groups -OCH3 is 1. The summed E-state index contributed by atoms with van der Waals surface area (Å²) >= 11 is 8.67. The molecule has 0 heterocycles. The third-order valence-corrected chi connectivity index (χ3v) is 2.82. The molecule has 5 heteroatoms. The van der Waals surface area contributed by atoms with Gasteiger partial charge in [0.2, 0.25) is 0 Å². The van der Waals surface area contributed by atoms with Crippen LogP contribution in [0.4, 0.5) is 0 Å². The van der Waals surface area contributed by atoms with Crippen molar-refractivity contribution >= 4 is 33.8 Å². The van der Waals surface area contributed by atoms with Crippen molar-refractivity contribution in [3.63, 3.8) is 0 Å². The van der Waals surface area contributed by atoms with E-state index in [2.05, 4.69) is 21.0 Å². The Hall–Kier alpha value is -0.580. The lowest BCUT2D eigenvalue weighted by Gasteiger charge is -2.20. The highest BCUT2D eigenvalue weighted by atomic mass is 79.9. The van der Waals surface area contributed by atoms with Crippen LogP contribution >= 0.6 is 27.9 Å². The average molecular weight is 280 g/mol. The fourth-order valence-corrected chi connectivity index (χ4v) is 1.50. The summed E-state index contributed by atoms with van der Waals surface area (Å²) in [6.07, 6.45) is 0. The van der Waals surface area contributed by atoms with E-state index < -0.39 is 11.0 Å². The van der Waals surface area contributed by atoms with Gasteiger partial charge in [-0.3, -0.25) is 3.83 Å². The number of alkyl halides is 1. The molecule has 0 aliphatic rings. The zero-order valence-electron chi connectivity index (χ0n) is 7.37. The molecule has 1 aromatic carbocycles. The molecular formula is C9H8BrClO3. The topological polar surface area (TPSA) is 35.5 Å². The summed E-state index contributed by atoms with van der Waals surface area (Å²) in [5.41, 5.74) is 0.505. The number of rotatable bonds is 3. The predicted molar refractivity (Wildman–Crippen MR) is 56.0 cm³/mol. The molecule has 0 aromatic heterocycles. The van der Waals surface area contributed by atoms with Crippen LogP contribution in [0.3, 0.4) is 0 Å². The van der Waals surface area contributed by atoms with Crippen LogP contribution in [-0.2, 0) is 18.4 Å². The number of esters is 1. The van der Waals surface area contributed by atoms with Crippen molar-refractivity contribution in [1.82, 2.24) is 0 Å². The monoisotopic (exact) mass is 278 g/mol. The third-order valence-electron chi connectivity index (χ3n) is 1.70. The zero-order chi connectivity index (χ0) is 10.6. The molecule has 1 rings (SSSR count). The molecular weight excluding hydrogens is 271 g/mol. The standard InChI is InChI=1S/C9H8BrClO3/c1-13-8(12)9(11,14-10)7-5-3-2-4-6-7/h2-6H,1H3. The molecule has 1 aromatic rings. The molecule has 0 saturated carbocycles. The van der Waals surface area contributed by atoms with Crippen molar-refractivity contribution in [2.75, 3.05) is 7.11 Å². The summed E-state index contributed by atoms with van der Waals surface area (Å²) in [4.78, 5) is 11.4. The minimum absolute atomic E-state index is 0.505. The maximum atomic E-state index is 11.4. The highest BCUT2D eigenvalue weighted by molar-refractivity contribution is 9.06. The van der Waals surface area contributed by atoms with Crippen LogP contribution in [-0.4, -0.2) is 13.1 Å². The first-order chi connectivity index (χ1) is 6.65. The van der Waals surface area contributed by atoms with Crippen molar-refractivity contribution < 1.29 is 13.4 Å². The summed E-state index contributed by atoms with van der Waals surface area (Å²) in [5, 5.41) is -1.63. The lowest BCUT2D eigenvalue weighted by Crippen LogP contribution is -2.31. The van der Waals surface area contributed by atoms with Gasteiger partial charge in [0.15, 0.2) is 0 Å². The zero-order valence-corrected chi connectivity index (χ0v) is 9.71. The van der Waals surface area contributed by atoms with Gasteiger partial charge in [-0.25, -0.2) is 4.79 Å². The molecule has 0 amide bonds. The number of hydrogen-bond acceptors (Lipinski definition) is 3. The molecule has 3 nitrogen and oxygen atoms in total. The summed E-state index contributed by atoms with van der Waals surface area (Å²) < 4.78 is 9.31. The Kier molecular flexibility index (Phi) is 3.92. The van der Waals surface area contributed by atoms with Crippen LogP contribution in [0.2, 0.25) is 0 Å². The number of carbonyl (C=O) groups is 1. The third kappa shape index (κ3) is 2.08. The summed E-state index contributed by atoms with van der Waals surface area (Å²) in [5.74, 6) is -0.678. The number of carbonyl (C=O) groups excluding carboxylic acids is 1. The van der Waals surface area contributed by atoms with Gasteiger partial charge in [0, 0.05) is 5.56 Å². The first kappa shape index (κ1) is 11.5. The van der Waals surface area contributed by atoms with Crippen molar-refractivity contribution in [1.29, 1.82) is 0 Å². The minimum atomic E-state index is -1.63. The molecule has 0 aliphatic carbocycles. The van der Waals surface area contributed by atoms with E-state index in [-0.39, 0.29) is 0 Å². The Morgan fingerprint density at radius 1 is 1.43 bits per heavy atom. The van der Waals surface area contributed by atoms with Gasteiger partial charge in [0.1, 0.15) is 16.3 Å². The molecule has 1 atom stereocenters. The second-order valence-electron chi connectivity index (χ2n) is 2.53. The first-order valence-corrected chi connectivity index (χ1v) is 4.80. The van der Waals surface area contributed by atoms with Gasteiger partial charge in [0.05, 0.1) is 7.11 Å². The van der Waals surface area contributed by atoms with Gasteiger partial charge in [-0.1, -0.05) is 41.9 Å². The van der Waals surface area contributed by atoms with Crippen LogP contribution in [0.1, 0.15) is 5.56 Å². The van der Waals surface area contributed by atoms with Gasteiger partial charge in [0.25, 0.3) is 5.06 Å². The summed E-state index contributed by atoms with van der Waals surface area (Å²) in [7, 11) is 1.24. The highest BCUT2D eigenvalue weighted by Gasteiger charge is 2.40. The molecule has 0 bridgehead atoms. The predicted octanol–water partition coefficient (Wildman–Crippen LogP) is 2.58. The molecule has 0 saturated heterocycles. The van der Waals surface area contributed by atoms with E-state index in [0.717, 1.165) is 0 Å². The molecule has 1 unspecified atom stereocenters. The molecule has 0 spiro atoms.